The minimum atomic E-state index is 0.675. The molecule has 0 aliphatic carbocycles. The van der Waals surface area contributed by atoms with E-state index >= 15 is 0 Å². The number of nitrogens with one attached hydrogen (secondary N) is 1. The number of thioether (sulfide) groups is 1. The lowest BCUT2D eigenvalue weighted by atomic mass is 10.1. The number of H-pyrrole nitrogens is 1. The van der Waals surface area contributed by atoms with E-state index in [1.807, 2.05) is 24.3 Å². The number of benzene rings is 2. The summed E-state index contributed by atoms with van der Waals surface area (Å²) in [6.07, 6.45) is 1.03. The molecule has 4 nitrogen and oxygen atoms in total. The van der Waals surface area contributed by atoms with Gasteiger partial charge in [0.25, 0.3) is 0 Å². The molecule has 0 saturated carbocycles. The van der Waals surface area contributed by atoms with Gasteiger partial charge in [0, 0.05) is 11.3 Å². The number of hydrogen-bond donors (Lipinski definition) is 1. The van der Waals surface area contributed by atoms with Gasteiger partial charge in [-0.1, -0.05) is 55.1 Å². The molecule has 2 aromatic carbocycles. The van der Waals surface area contributed by atoms with Gasteiger partial charge in [-0.25, -0.2) is 4.98 Å². The Balaban J connectivity index is 1.65. The lowest BCUT2D eigenvalue weighted by Gasteiger charge is -1.99. The van der Waals surface area contributed by atoms with Crippen LogP contribution in [0.2, 0.25) is 0 Å². The smallest absolute Gasteiger partial charge is 0.209 e. The lowest BCUT2D eigenvalue weighted by Crippen LogP contribution is -1.84. The second-order valence-corrected chi connectivity index (χ2v) is 6.06. The van der Waals surface area contributed by atoms with Crippen LogP contribution in [0.4, 0.5) is 0 Å². The maximum atomic E-state index is 8.80. The van der Waals surface area contributed by atoms with Gasteiger partial charge in [-0.15, -0.1) is 5.10 Å². The van der Waals surface area contributed by atoms with E-state index in [-0.39, 0.29) is 0 Å². The number of aryl methyl sites for hydroxylation is 1. The van der Waals surface area contributed by atoms with E-state index in [2.05, 4.69) is 52.4 Å². The van der Waals surface area contributed by atoms with Gasteiger partial charge in [0.1, 0.15) is 0 Å². The molecule has 1 aromatic heterocycles. The molecule has 23 heavy (non-hydrogen) atoms. The van der Waals surface area contributed by atoms with Crippen molar-refractivity contribution in [3.05, 3.63) is 65.2 Å². The van der Waals surface area contributed by atoms with Crippen LogP contribution in [0.5, 0.6) is 0 Å². The topological polar surface area (TPSA) is 65.4 Å². The Bertz CT molecular complexity index is 813. The summed E-state index contributed by atoms with van der Waals surface area (Å²) < 4.78 is 0. The molecule has 0 amide bonds. The highest BCUT2D eigenvalue weighted by molar-refractivity contribution is 7.98. The first-order valence-corrected chi connectivity index (χ1v) is 8.40. The second-order valence-electron chi connectivity index (χ2n) is 5.11. The minimum Gasteiger partial charge on any atom is -0.258 e. The average molecular weight is 320 g/mol. The van der Waals surface area contributed by atoms with Gasteiger partial charge in [0.2, 0.25) is 5.16 Å². The highest BCUT2D eigenvalue weighted by Crippen LogP contribution is 2.22. The summed E-state index contributed by atoms with van der Waals surface area (Å²) in [7, 11) is 0. The van der Waals surface area contributed by atoms with Crippen LogP contribution in [0.15, 0.2) is 53.7 Å². The van der Waals surface area contributed by atoms with E-state index in [9.17, 15) is 0 Å². The van der Waals surface area contributed by atoms with Gasteiger partial charge in [0.15, 0.2) is 5.82 Å². The molecule has 0 bridgehead atoms. The summed E-state index contributed by atoms with van der Waals surface area (Å²) in [6, 6.07) is 18.1. The fourth-order valence-electron chi connectivity index (χ4n) is 2.16. The molecule has 0 aliphatic heterocycles. The van der Waals surface area contributed by atoms with Gasteiger partial charge in [-0.2, -0.15) is 5.26 Å². The van der Waals surface area contributed by atoms with Crippen molar-refractivity contribution in [3.8, 4) is 17.5 Å². The van der Waals surface area contributed by atoms with Crippen molar-refractivity contribution in [1.29, 1.82) is 5.26 Å². The zero-order valence-electron chi connectivity index (χ0n) is 12.8. The first kappa shape index (κ1) is 15.3. The predicted molar refractivity (Wildman–Crippen MR) is 91.9 cm³/mol. The van der Waals surface area contributed by atoms with Crippen molar-refractivity contribution >= 4 is 11.8 Å². The summed E-state index contributed by atoms with van der Waals surface area (Å²) in [4.78, 5) is 4.53. The van der Waals surface area contributed by atoms with Crippen molar-refractivity contribution in [3.63, 3.8) is 0 Å². The Morgan fingerprint density at radius 2 is 1.74 bits per heavy atom. The molecule has 0 atom stereocenters. The molecule has 1 N–H and O–H groups in total. The van der Waals surface area contributed by atoms with Crippen LogP contribution in [0.1, 0.15) is 23.6 Å². The first-order chi connectivity index (χ1) is 11.3. The maximum absolute atomic E-state index is 8.80. The number of aromatic amines is 1. The van der Waals surface area contributed by atoms with Crippen molar-refractivity contribution in [1.82, 2.24) is 15.2 Å². The van der Waals surface area contributed by atoms with Crippen molar-refractivity contribution < 1.29 is 0 Å². The Kier molecular flexibility index (Phi) is 4.74. The van der Waals surface area contributed by atoms with Crippen molar-refractivity contribution in [2.24, 2.45) is 0 Å². The molecule has 0 spiro atoms. The molecule has 3 rings (SSSR count). The monoisotopic (exact) mass is 320 g/mol. The number of nitriles is 1. The third-order valence-electron chi connectivity index (χ3n) is 3.55. The van der Waals surface area contributed by atoms with Crippen LogP contribution in [0.25, 0.3) is 11.4 Å². The van der Waals surface area contributed by atoms with Gasteiger partial charge in [-0.05, 0) is 29.7 Å². The van der Waals surface area contributed by atoms with E-state index in [4.69, 9.17) is 5.26 Å². The van der Waals surface area contributed by atoms with Crippen LogP contribution in [-0.2, 0) is 12.2 Å². The molecule has 0 radical (unpaired) electrons. The molecular formula is C18H16N4S. The predicted octanol–water partition coefficient (Wildman–Crippen LogP) is 4.20. The number of hydrogen-bond acceptors (Lipinski definition) is 4. The molecule has 0 unspecified atom stereocenters. The molecular weight excluding hydrogens is 304 g/mol. The van der Waals surface area contributed by atoms with E-state index < -0.39 is 0 Å². The van der Waals surface area contributed by atoms with Crippen LogP contribution >= 0.6 is 11.8 Å². The highest BCUT2D eigenvalue weighted by Gasteiger charge is 2.06. The second kappa shape index (κ2) is 7.12. The van der Waals surface area contributed by atoms with Crippen molar-refractivity contribution in [2.45, 2.75) is 24.3 Å². The lowest BCUT2D eigenvalue weighted by molar-refractivity contribution is 0.973. The largest absolute Gasteiger partial charge is 0.258 e. The number of nitrogens with zero attached hydrogens (tertiary/aromatic N) is 3. The summed E-state index contributed by atoms with van der Waals surface area (Å²) in [5, 5.41) is 16.8. The molecule has 114 valence electrons. The van der Waals surface area contributed by atoms with Crippen LogP contribution in [0, 0.1) is 11.3 Å². The molecule has 0 saturated heterocycles. The van der Waals surface area contributed by atoms with Crippen molar-refractivity contribution in [2.75, 3.05) is 0 Å². The van der Waals surface area contributed by atoms with Gasteiger partial charge < -0.3 is 0 Å². The average Bonchev–Trinajstić information content (AvgIpc) is 3.09. The van der Waals surface area contributed by atoms with Gasteiger partial charge in [0.05, 0.1) is 11.6 Å². The molecule has 1 heterocycles. The first-order valence-electron chi connectivity index (χ1n) is 7.42. The molecule has 0 fully saturated rings. The number of aromatic nitrogens is 3. The third-order valence-corrected chi connectivity index (χ3v) is 4.47. The van der Waals surface area contributed by atoms with E-state index in [0.717, 1.165) is 34.3 Å². The summed E-state index contributed by atoms with van der Waals surface area (Å²) in [6.45, 7) is 2.14. The van der Waals surface area contributed by atoms with E-state index in [0.29, 0.717) is 5.56 Å². The highest BCUT2D eigenvalue weighted by atomic mass is 32.2. The SMILES string of the molecule is CCc1ccc(-c2nc(SCc3ccc(C#N)cc3)n[nH]2)cc1. The summed E-state index contributed by atoms with van der Waals surface area (Å²) >= 11 is 1.57. The summed E-state index contributed by atoms with van der Waals surface area (Å²) in [5.41, 5.74) is 4.17. The molecule has 5 heteroatoms. The fourth-order valence-corrected chi connectivity index (χ4v) is 2.92. The normalized spacial score (nSPS) is 10.4. The minimum absolute atomic E-state index is 0.675. The standard InChI is InChI=1S/C18H16N4S/c1-2-13-7-9-16(10-8-13)17-20-18(22-21-17)23-12-15-5-3-14(11-19)4-6-15/h3-10H,2,12H2,1H3,(H,20,21,22). The third kappa shape index (κ3) is 3.79. The Hall–Kier alpha value is -2.58. The zero-order chi connectivity index (χ0) is 16.1. The number of rotatable bonds is 5. The Morgan fingerprint density at radius 1 is 1.04 bits per heavy atom. The fraction of sp³-hybridized carbons (Fsp3) is 0.167. The van der Waals surface area contributed by atoms with E-state index in [1.165, 1.54) is 5.56 Å². The van der Waals surface area contributed by atoms with Gasteiger partial charge >= 0.3 is 0 Å². The van der Waals surface area contributed by atoms with Crippen LogP contribution in [0.3, 0.4) is 0 Å². The molecule has 3 aromatic rings. The maximum Gasteiger partial charge on any atom is 0.209 e. The Labute approximate surface area is 139 Å². The van der Waals surface area contributed by atoms with Gasteiger partial charge in [-0.3, -0.25) is 5.10 Å². The molecule has 0 aliphatic rings. The zero-order valence-corrected chi connectivity index (χ0v) is 13.6. The Morgan fingerprint density at radius 3 is 2.39 bits per heavy atom. The quantitative estimate of drug-likeness (QED) is 0.716. The van der Waals surface area contributed by atoms with E-state index in [1.54, 1.807) is 11.8 Å². The van der Waals surface area contributed by atoms with Crippen LogP contribution in [-0.4, -0.2) is 15.2 Å². The van der Waals surface area contributed by atoms with Crippen LogP contribution < -0.4 is 0 Å². The summed E-state index contributed by atoms with van der Waals surface area (Å²) in [5.74, 6) is 1.56.